The van der Waals surface area contributed by atoms with Crippen LogP contribution < -0.4 is 10.6 Å². The van der Waals surface area contributed by atoms with Gasteiger partial charge in [0, 0.05) is 5.56 Å². The summed E-state index contributed by atoms with van der Waals surface area (Å²) in [6, 6.07) is 6.48. The maximum atomic E-state index is 14.7. The quantitative estimate of drug-likeness (QED) is 0.545. The third kappa shape index (κ3) is 5.43. The maximum absolute atomic E-state index is 14.7. The van der Waals surface area contributed by atoms with Crippen molar-refractivity contribution in [2.45, 2.75) is 56.4 Å². The summed E-state index contributed by atoms with van der Waals surface area (Å²) in [6.45, 7) is 1.72. The largest absolute Gasteiger partial charge is 0.407 e. The molecule has 0 aromatic heterocycles. The molecule has 32 heavy (non-hydrogen) atoms. The fourth-order valence-corrected chi connectivity index (χ4v) is 3.45. The summed E-state index contributed by atoms with van der Waals surface area (Å²) in [6.07, 6.45) is -3.37. The molecule has 1 fully saturated rings. The Morgan fingerprint density at radius 2 is 1.81 bits per heavy atom. The van der Waals surface area contributed by atoms with E-state index in [-0.39, 0.29) is 12.0 Å². The Morgan fingerprint density at radius 3 is 2.31 bits per heavy atom. The number of nitriles is 1. The van der Waals surface area contributed by atoms with Crippen LogP contribution in [0.2, 0.25) is 0 Å². The van der Waals surface area contributed by atoms with E-state index in [1.54, 1.807) is 6.92 Å². The molecule has 170 valence electrons. The van der Waals surface area contributed by atoms with Gasteiger partial charge in [-0.05, 0) is 48.6 Å². The lowest BCUT2D eigenvalue weighted by atomic mass is 9.98. The number of amides is 1. The van der Waals surface area contributed by atoms with Crippen molar-refractivity contribution in [3.8, 4) is 17.2 Å². The predicted octanol–water partition coefficient (Wildman–Crippen LogP) is 5.17. The molecule has 0 radical (unpaired) electrons. The van der Waals surface area contributed by atoms with Crippen LogP contribution in [-0.2, 0) is 4.79 Å². The first-order valence-corrected chi connectivity index (χ1v) is 10.2. The molecule has 2 N–H and O–H groups in total. The van der Waals surface area contributed by atoms with Gasteiger partial charge in [0.1, 0.15) is 23.2 Å². The monoisotopic (exact) mass is 451 g/mol. The van der Waals surface area contributed by atoms with Gasteiger partial charge in [0.25, 0.3) is 0 Å². The molecule has 0 aliphatic heterocycles. The lowest BCUT2D eigenvalue weighted by Crippen LogP contribution is -2.51. The first kappa shape index (κ1) is 23.7. The SMILES string of the molecule is CCC[C@H](N[C@@H](c1ccc(-c2ccc(F)cc2)c(F)c1)C(F)(F)F)C(=O)NC1(C#N)CC1. The molecule has 0 saturated heterocycles. The number of nitrogens with one attached hydrogen (secondary N) is 2. The normalized spacial score (nSPS) is 16.7. The van der Waals surface area contributed by atoms with E-state index in [0.717, 1.165) is 24.3 Å². The van der Waals surface area contributed by atoms with Gasteiger partial charge in [0.2, 0.25) is 5.91 Å². The summed E-state index contributed by atoms with van der Waals surface area (Å²) >= 11 is 0. The molecule has 0 unspecified atom stereocenters. The van der Waals surface area contributed by atoms with Gasteiger partial charge >= 0.3 is 6.18 Å². The molecule has 0 spiro atoms. The fraction of sp³-hybridized carbons (Fsp3) is 0.391. The standard InChI is InChI=1S/C23H22F5N3O/c1-2-3-19(21(32)31-22(13-29)10-11-22)30-20(23(26,27)28)15-6-9-17(18(25)12-15)14-4-7-16(24)8-5-14/h4-9,12,19-20,30H,2-3,10-11H2,1H3,(H,31,32)/t19-,20-/m0/s1. The van der Waals surface area contributed by atoms with E-state index in [1.807, 2.05) is 6.07 Å². The molecule has 1 amide bonds. The van der Waals surface area contributed by atoms with E-state index >= 15 is 0 Å². The van der Waals surface area contributed by atoms with Crippen molar-refractivity contribution >= 4 is 5.91 Å². The Morgan fingerprint density at radius 1 is 1.16 bits per heavy atom. The molecule has 2 aromatic rings. The van der Waals surface area contributed by atoms with Crippen LogP contribution in [0.15, 0.2) is 42.5 Å². The van der Waals surface area contributed by atoms with E-state index in [1.165, 1.54) is 18.2 Å². The van der Waals surface area contributed by atoms with E-state index in [0.29, 0.717) is 24.8 Å². The number of benzene rings is 2. The molecule has 3 rings (SSSR count). The highest BCUT2D eigenvalue weighted by molar-refractivity contribution is 5.83. The van der Waals surface area contributed by atoms with Crippen LogP contribution in [0.3, 0.4) is 0 Å². The van der Waals surface area contributed by atoms with Crippen LogP contribution in [0.5, 0.6) is 0 Å². The number of alkyl halides is 3. The van der Waals surface area contributed by atoms with E-state index in [9.17, 15) is 26.7 Å². The summed E-state index contributed by atoms with van der Waals surface area (Å²) in [5, 5.41) is 14.0. The molecular formula is C23H22F5N3O. The van der Waals surface area contributed by atoms with Gasteiger partial charge in [0.15, 0.2) is 0 Å². The molecule has 2 aromatic carbocycles. The van der Waals surface area contributed by atoms with Crippen molar-refractivity contribution < 1.29 is 26.7 Å². The van der Waals surface area contributed by atoms with Gasteiger partial charge in [-0.3, -0.25) is 10.1 Å². The second-order valence-electron chi connectivity index (χ2n) is 7.91. The van der Waals surface area contributed by atoms with Crippen molar-refractivity contribution in [2.24, 2.45) is 0 Å². The highest BCUT2D eigenvalue weighted by Crippen LogP contribution is 2.37. The number of hydrogen-bond donors (Lipinski definition) is 2. The average Bonchev–Trinajstić information content (AvgIpc) is 3.50. The van der Waals surface area contributed by atoms with Crippen LogP contribution in [0.25, 0.3) is 11.1 Å². The Balaban J connectivity index is 1.87. The Kier molecular flexibility index (Phi) is 6.84. The van der Waals surface area contributed by atoms with Gasteiger partial charge < -0.3 is 5.32 Å². The zero-order valence-electron chi connectivity index (χ0n) is 17.3. The third-order valence-electron chi connectivity index (χ3n) is 5.40. The van der Waals surface area contributed by atoms with Gasteiger partial charge in [-0.2, -0.15) is 18.4 Å². The highest BCUT2D eigenvalue weighted by atomic mass is 19.4. The van der Waals surface area contributed by atoms with Crippen molar-refractivity contribution in [3.05, 3.63) is 59.7 Å². The van der Waals surface area contributed by atoms with Gasteiger partial charge in [-0.15, -0.1) is 0 Å². The van der Waals surface area contributed by atoms with Crippen molar-refractivity contribution in [1.29, 1.82) is 5.26 Å². The minimum absolute atomic E-state index is 0.0298. The lowest BCUT2D eigenvalue weighted by molar-refractivity contribution is -0.161. The number of rotatable bonds is 8. The molecule has 2 atom stereocenters. The summed E-state index contributed by atoms with van der Waals surface area (Å²) in [4.78, 5) is 12.6. The second kappa shape index (κ2) is 9.25. The number of hydrogen-bond acceptors (Lipinski definition) is 3. The van der Waals surface area contributed by atoms with Crippen molar-refractivity contribution in [3.63, 3.8) is 0 Å². The minimum Gasteiger partial charge on any atom is -0.336 e. The van der Waals surface area contributed by atoms with Gasteiger partial charge in [-0.25, -0.2) is 8.78 Å². The smallest absolute Gasteiger partial charge is 0.336 e. The van der Waals surface area contributed by atoms with E-state index in [2.05, 4.69) is 10.6 Å². The molecule has 1 aliphatic carbocycles. The molecule has 9 heteroatoms. The molecule has 0 heterocycles. The lowest BCUT2D eigenvalue weighted by Gasteiger charge is -2.28. The summed E-state index contributed by atoms with van der Waals surface area (Å²) in [7, 11) is 0. The number of halogens is 5. The van der Waals surface area contributed by atoms with Crippen molar-refractivity contribution in [1.82, 2.24) is 10.6 Å². The molecule has 1 aliphatic rings. The van der Waals surface area contributed by atoms with Crippen LogP contribution in [0.1, 0.15) is 44.2 Å². The average molecular weight is 451 g/mol. The second-order valence-corrected chi connectivity index (χ2v) is 7.91. The van der Waals surface area contributed by atoms with Gasteiger partial charge in [-0.1, -0.05) is 37.6 Å². The Bertz CT molecular complexity index is 1010. The van der Waals surface area contributed by atoms with Crippen LogP contribution >= 0.6 is 0 Å². The van der Waals surface area contributed by atoms with Crippen molar-refractivity contribution in [2.75, 3.05) is 0 Å². The van der Waals surface area contributed by atoms with Crippen LogP contribution in [0.4, 0.5) is 22.0 Å². The minimum atomic E-state index is -4.80. The molecule has 4 nitrogen and oxygen atoms in total. The third-order valence-corrected chi connectivity index (χ3v) is 5.40. The molecule has 1 saturated carbocycles. The number of carbonyl (C=O) groups excluding carboxylic acids is 1. The van der Waals surface area contributed by atoms with Crippen LogP contribution in [-0.4, -0.2) is 23.7 Å². The fourth-order valence-electron chi connectivity index (χ4n) is 3.45. The van der Waals surface area contributed by atoms with E-state index < -0.39 is 46.9 Å². The highest BCUT2D eigenvalue weighted by Gasteiger charge is 2.47. The van der Waals surface area contributed by atoms with Crippen LogP contribution in [0, 0.1) is 23.0 Å². The summed E-state index contributed by atoms with van der Waals surface area (Å²) in [5.41, 5.74) is -1.05. The molecular weight excluding hydrogens is 429 g/mol. The number of nitrogens with zero attached hydrogens (tertiary/aromatic N) is 1. The Hall–Kier alpha value is -2.99. The topological polar surface area (TPSA) is 64.9 Å². The zero-order chi connectivity index (χ0) is 23.5. The first-order valence-electron chi connectivity index (χ1n) is 10.2. The predicted molar refractivity (Wildman–Crippen MR) is 108 cm³/mol. The van der Waals surface area contributed by atoms with E-state index in [4.69, 9.17) is 5.26 Å². The zero-order valence-corrected chi connectivity index (χ0v) is 17.3. The summed E-state index contributed by atoms with van der Waals surface area (Å²) in [5.74, 6) is -2.11. The first-order chi connectivity index (χ1) is 15.1. The Labute approximate surface area is 182 Å². The molecule has 0 bridgehead atoms. The summed E-state index contributed by atoms with van der Waals surface area (Å²) < 4.78 is 69.4. The number of carbonyl (C=O) groups is 1. The maximum Gasteiger partial charge on any atom is 0.407 e. The van der Waals surface area contributed by atoms with Gasteiger partial charge in [0.05, 0.1) is 12.1 Å².